The van der Waals surface area contributed by atoms with Crippen molar-refractivity contribution in [3.8, 4) is 5.75 Å². The van der Waals surface area contributed by atoms with Crippen molar-refractivity contribution < 1.29 is 9.90 Å². The zero-order chi connectivity index (χ0) is 14.0. The van der Waals surface area contributed by atoms with E-state index in [2.05, 4.69) is 6.92 Å². The van der Waals surface area contributed by atoms with Crippen molar-refractivity contribution in [2.75, 3.05) is 19.6 Å². The Morgan fingerprint density at radius 1 is 1.58 bits per heavy atom. The van der Waals surface area contributed by atoms with Gasteiger partial charge in [0.2, 0.25) is 0 Å². The third kappa shape index (κ3) is 3.01. The van der Waals surface area contributed by atoms with E-state index >= 15 is 0 Å². The third-order valence-corrected chi connectivity index (χ3v) is 4.21. The summed E-state index contributed by atoms with van der Waals surface area (Å²) in [5.74, 6) is 0.780. The first-order chi connectivity index (χ1) is 9.02. The second-order valence-corrected chi connectivity index (χ2v) is 5.58. The summed E-state index contributed by atoms with van der Waals surface area (Å²) < 4.78 is 0. The maximum atomic E-state index is 12.4. The Balaban J connectivity index is 2.18. The van der Waals surface area contributed by atoms with Crippen LogP contribution in [0.3, 0.4) is 0 Å². The van der Waals surface area contributed by atoms with Crippen LogP contribution in [-0.2, 0) is 0 Å². The van der Waals surface area contributed by atoms with Crippen LogP contribution in [0.15, 0.2) is 18.2 Å². The Labute approximate surface area is 118 Å². The van der Waals surface area contributed by atoms with Crippen molar-refractivity contribution >= 4 is 17.5 Å². The standard InChI is InChI=1S/C14H19ClN2O2/c1-9-4-5-17(8-10(9)7-16)14(19)12-6-11(18)2-3-13(12)15/h2-3,6,9-10,18H,4-5,7-8,16H2,1H3. The van der Waals surface area contributed by atoms with Crippen molar-refractivity contribution in [3.63, 3.8) is 0 Å². The average Bonchev–Trinajstić information content (AvgIpc) is 2.41. The molecular weight excluding hydrogens is 264 g/mol. The Bertz CT molecular complexity index is 479. The van der Waals surface area contributed by atoms with E-state index < -0.39 is 0 Å². The number of nitrogens with zero attached hydrogens (tertiary/aromatic N) is 1. The first kappa shape index (κ1) is 14.2. The molecule has 1 amide bonds. The molecule has 2 rings (SSSR count). The highest BCUT2D eigenvalue weighted by Crippen LogP contribution is 2.27. The van der Waals surface area contributed by atoms with Crippen LogP contribution in [0.5, 0.6) is 5.75 Å². The van der Waals surface area contributed by atoms with Crippen LogP contribution in [0.25, 0.3) is 0 Å². The normalized spacial score (nSPS) is 23.4. The van der Waals surface area contributed by atoms with Crippen LogP contribution in [0.1, 0.15) is 23.7 Å². The molecule has 3 N–H and O–H groups in total. The number of rotatable bonds is 2. The number of amides is 1. The van der Waals surface area contributed by atoms with Gasteiger partial charge in [0, 0.05) is 13.1 Å². The number of phenolic OH excluding ortho intramolecular Hbond substituents is 1. The van der Waals surface area contributed by atoms with E-state index in [4.69, 9.17) is 17.3 Å². The fraction of sp³-hybridized carbons (Fsp3) is 0.500. The van der Waals surface area contributed by atoms with Gasteiger partial charge in [-0.2, -0.15) is 0 Å². The number of piperidine rings is 1. The summed E-state index contributed by atoms with van der Waals surface area (Å²) in [6.07, 6.45) is 0.948. The highest BCUT2D eigenvalue weighted by molar-refractivity contribution is 6.33. The second kappa shape index (κ2) is 5.80. The van der Waals surface area contributed by atoms with Crippen molar-refractivity contribution in [3.05, 3.63) is 28.8 Å². The molecule has 0 radical (unpaired) electrons. The number of nitrogens with two attached hydrogens (primary N) is 1. The van der Waals surface area contributed by atoms with Crippen molar-refractivity contribution in [1.29, 1.82) is 0 Å². The van der Waals surface area contributed by atoms with Gasteiger partial charge in [-0.3, -0.25) is 4.79 Å². The lowest BCUT2D eigenvalue weighted by molar-refractivity contribution is 0.0618. The van der Waals surface area contributed by atoms with Crippen LogP contribution in [-0.4, -0.2) is 35.5 Å². The Morgan fingerprint density at radius 2 is 2.32 bits per heavy atom. The first-order valence-electron chi connectivity index (χ1n) is 6.50. The topological polar surface area (TPSA) is 66.6 Å². The molecule has 0 saturated carbocycles. The molecule has 1 saturated heterocycles. The van der Waals surface area contributed by atoms with E-state index in [1.54, 1.807) is 4.90 Å². The molecular formula is C14H19ClN2O2. The lowest BCUT2D eigenvalue weighted by Crippen LogP contribution is -2.45. The monoisotopic (exact) mass is 282 g/mol. The molecule has 1 aliphatic heterocycles. The van der Waals surface area contributed by atoms with E-state index in [9.17, 15) is 9.90 Å². The van der Waals surface area contributed by atoms with Crippen LogP contribution in [0.4, 0.5) is 0 Å². The molecule has 4 nitrogen and oxygen atoms in total. The molecule has 0 aliphatic carbocycles. The summed E-state index contributed by atoms with van der Waals surface area (Å²) in [4.78, 5) is 14.2. The predicted octanol–water partition coefficient (Wildman–Crippen LogP) is 2.10. The fourth-order valence-electron chi connectivity index (χ4n) is 2.49. The molecule has 1 aromatic rings. The van der Waals surface area contributed by atoms with E-state index in [1.165, 1.54) is 18.2 Å². The summed E-state index contributed by atoms with van der Waals surface area (Å²) >= 11 is 6.03. The molecule has 1 aliphatic rings. The van der Waals surface area contributed by atoms with Crippen LogP contribution in [0, 0.1) is 11.8 Å². The van der Waals surface area contributed by atoms with Crippen molar-refractivity contribution in [1.82, 2.24) is 4.90 Å². The third-order valence-electron chi connectivity index (χ3n) is 3.88. The van der Waals surface area contributed by atoms with Gasteiger partial charge in [0.05, 0.1) is 10.6 Å². The van der Waals surface area contributed by atoms with E-state index in [0.717, 1.165) is 6.42 Å². The van der Waals surface area contributed by atoms with Gasteiger partial charge in [-0.1, -0.05) is 18.5 Å². The maximum absolute atomic E-state index is 12.4. The summed E-state index contributed by atoms with van der Waals surface area (Å²) in [5.41, 5.74) is 6.10. The SMILES string of the molecule is CC1CCN(C(=O)c2cc(O)ccc2Cl)CC1CN. The van der Waals surface area contributed by atoms with Gasteiger partial charge in [-0.25, -0.2) is 0 Å². The Kier molecular flexibility index (Phi) is 4.32. The van der Waals surface area contributed by atoms with Crippen LogP contribution >= 0.6 is 11.6 Å². The van der Waals surface area contributed by atoms with Gasteiger partial charge in [0.15, 0.2) is 0 Å². The quantitative estimate of drug-likeness (QED) is 0.873. The number of hydrogen-bond donors (Lipinski definition) is 2. The number of benzene rings is 1. The minimum atomic E-state index is -0.133. The van der Waals surface area contributed by atoms with Gasteiger partial charge >= 0.3 is 0 Å². The molecule has 2 atom stereocenters. The number of phenols is 1. The number of carbonyl (C=O) groups is 1. The average molecular weight is 283 g/mol. The molecule has 1 heterocycles. The lowest BCUT2D eigenvalue weighted by Gasteiger charge is -2.36. The number of hydrogen-bond acceptors (Lipinski definition) is 3. The van der Waals surface area contributed by atoms with Gasteiger partial charge in [0.1, 0.15) is 5.75 Å². The van der Waals surface area contributed by atoms with Gasteiger partial charge in [-0.05, 0) is 43.0 Å². The van der Waals surface area contributed by atoms with E-state index in [-0.39, 0.29) is 11.7 Å². The maximum Gasteiger partial charge on any atom is 0.255 e. The van der Waals surface area contributed by atoms with Crippen molar-refractivity contribution in [2.24, 2.45) is 17.6 Å². The number of likely N-dealkylation sites (tertiary alicyclic amines) is 1. The number of halogens is 1. The highest BCUT2D eigenvalue weighted by Gasteiger charge is 2.29. The van der Waals surface area contributed by atoms with Crippen molar-refractivity contribution in [2.45, 2.75) is 13.3 Å². The first-order valence-corrected chi connectivity index (χ1v) is 6.88. The van der Waals surface area contributed by atoms with E-state index in [0.29, 0.717) is 42.1 Å². The molecule has 1 aromatic carbocycles. The molecule has 19 heavy (non-hydrogen) atoms. The summed E-state index contributed by atoms with van der Waals surface area (Å²) in [5, 5.41) is 9.84. The molecule has 2 unspecified atom stereocenters. The van der Waals surface area contributed by atoms with Gasteiger partial charge in [0.25, 0.3) is 5.91 Å². The Morgan fingerprint density at radius 3 is 3.00 bits per heavy atom. The second-order valence-electron chi connectivity index (χ2n) is 5.18. The lowest BCUT2D eigenvalue weighted by atomic mass is 9.87. The highest BCUT2D eigenvalue weighted by atomic mass is 35.5. The summed E-state index contributed by atoms with van der Waals surface area (Å²) in [6, 6.07) is 4.43. The predicted molar refractivity (Wildman–Crippen MR) is 75.3 cm³/mol. The largest absolute Gasteiger partial charge is 0.508 e. The smallest absolute Gasteiger partial charge is 0.255 e. The fourth-order valence-corrected chi connectivity index (χ4v) is 2.69. The number of aromatic hydroxyl groups is 1. The Hall–Kier alpha value is -1.26. The summed E-state index contributed by atoms with van der Waals surface area (Å²) in [6.45, 7) is 4.12. The zero-order valence-corrected chi connectivity index (χ0v) is 11.7. The minimum Gasteiger partial charge on any atom is -0.508 e. The van der Waals surface area contributed by atoms with E-state index in [1.807, 2.05) is 0 Å². The summed E-state index contributed by atoms with van der Waals surface area (Å²) in [7, 11) is 0. The van der Waals surface area contributed by atoms with Gasteiger partial charge < -0.3 is 15.7 Å². The molecule has 0 bridgehead atoms. The number of carbonyl (C=O) groups excluding carboxylic acids is 1. The molecule has 0 spiro atoms. The minimum absolute atomic E-state index is 0.0495. The van der Waals surface area contributed by atoms with Crippen LogP contribution in [0.2, 0.25) is 5.02 Å². The molecule has 0 aromatic heterocycles. The molecule has 5 heteroatoms. The zero-order valence-electron chi connectivity index (χ0n) is 11.0. The van der Waals surface area contributed by atoms with Gasteiger partial charge in [-0.15, -0.1) is 0 Å². The van der Waals surface area contributed by atoms with Crippen LogP contribution < -0.4 is 5.73 Å². The molecule has 104 valence electrons. The molecule has 1 fully saturated rings.